The lowest BCUT2D eigenvalue weighted by Crippen LogP contribution is -2.37. The Labute approximate surface area is 137 Å². The Morgan fingerprint density at radius 2 is 2.00 bits per heavy atom. The second-order valence-corrected chi connectivity index (χ2v) is 6.02. The van der Waals surface area contributed by atoms with Crippen LogP contribution >= 0.6 is 0 Å². The maximum absolute atomic E-state index is 12.6. The van der Waals surface area contributed by atoms with E-state index in [4.69, 9.17) is 4.74 Å². The van der Waals surface area contributed by atoms with Crippen LogP contribution in [0.5, 0.6) is 0 Å². The number of aromatic nitrogens is 3. The van der Waals surface area contributed by atoms with Crippen LogP contribution in [0.25, 0.3) is 5.69 Å². The van der Waals surface area contributed by atoms with Gasteiger partial charge in [0.2, 0.25) is 0 Å². The second-order valence-electron chi connectivity index (χ2n) is 6.02. The largest absolute Gasteiger partial charge is 0.383 e. The Hall–Kier alpha value is -2.21. The third kappa shape index (κ3) is 4.63. The molecule has 0 radical (unpaired) electrons. The normalized spacial score (nSPS) is 11.0. The van der Waals surface area contributed by atoms with Crippen molar-refractivity contribution in [2.45, 2.75) is 20.8 Å². The first kappa shape index (κ1) is 17.1. The van der Waals surface area contributed by atoms with Gasteiger partial charge in [0.15, 0.2) is 5.69 Å². The van der Waals surface area contributed by atoms with Crippen LogP contribution in [-0.2, 0) is 4.74 Å². The van der Waals surface area contributed by atoms with E-state index in [0.717, 1.165) is 5.69 Å². The summed E-state index contributed by atoms with van der Waals surface area (Å²) < 4.78 is 6.71. The summed E-state index contributed by atoms with van der Waals surface area (Å²) in [5.74, 6) is 0.261. The highest BCUT2D eigenvalue weighted by Crippen LogP contribution is 2.10. The van der Waals surface area contributed by atoms with Gasteiger partial charge in [-0.3, -0.25) is 4.79 Å². The summed E-state index contributed by atoms with van der Waals surface area (Å²) in [6.45, 7) is 7.90. The SMILES string of the molecule is COCCN(CC(C)C)C(=O)c1cn(-c2ccc(C)cc2)nn1. The molecule has 0 aliphatic heterocycles. The van der Waals surface area contributed by atoms with E-state index in [0.29, 0.717) is 31.3 Å². The van der Waals surface area contributed by atoms with Crippen molar-refractivity contribution >= 4 is 5.91 Å². The van der Waals surface area contributed by atoms with Crippen molar-refractivity contribution < 1.29 is 9.53 Å². The lowest BCUT2D eigenvalue weighted by molar-refractivity contribution is 0.0666. The molecule has 0 bridgehead atoms. The third-order valence-corrected chi connectivity index (χ3v) is 3.45. The Morgan fingerprint density at radius 1 is 1.30 bits per heavy atom. The van der Waals surface area contributed by atoms with Gasteiger partial charge in [0.05, 0.1) is 18.5 Å². The Balaban J connectivity index is 2.16. The number of hydrogen-bond acceptors (Lipinski definition) is 4. The smallest absolute Gasteiger partial charge is 0.276 e. The Bertz CT molecular complexity index is 634. The summed E-state index contributed by atoms with van der Waals surface area (Å²) in [6, 6.07) is 7.91. The minimum Gasteiger partial charge on any atom is -0.383 e. The zero-order valence-electron chi connectivity index (χ0n) is 14.2. The zero-order valence-corrected chi connectivity index (χ0v) is 14.2. The number of amides is 1. The zero-order chi connectivity index (χ0) is 16.8. The van der Waals surface area contributed by atoms with E-state index in [1.165, 1.54) is 5.56 Å². The average Bonchev–Trinajstić information content (AvgIpc) is 3.01. The molecule has 1 amide bonds. The Kier molecular flexibility index (Phi) is 5.87. The summed E-state index contributed by atoms with van der Waals surface area (Å²) in [5.41, 5.74) is 2.41. The van der Waals surface area contributed by atoms with Crippen molar-refractivity contribution in [2.75, 3.05) is 26.8 Å². The van der Waals surface area contributed by atoms with Crippen molar-refractivity contribution in [3.63, 3.8) is 0 Å². The molecule has 23 heavy (non-hydrogen) atoms. The second kappa shape index (κ2) is 7.87. The first-order valence-electron chi connectivity index (χ1n) is 7.79. The molecule has 1 aromatic carbocycles. The first-order chi connectivity index (χ1) is 11.0. The molecule has 1 heterocycles. The molecule has 0 aliphatic carbocycles. The number of aryl methyl sites for hydroxylation is 1. The number of carbonyl (C=O) groups excluding carboxylic acids is 1. The number of hydrogen-bond donors (Lipinski definition) is 0. The van der Waals surface area contributed by atoms with Crippen LogP contribution in [0, 0.1) is 12.8 Å². The summed E-state index contributed by atoms with van der Waals surface area (Å²) in [5, 5.41) is 8.10. The number of benzene rings is 1. The van der Waals surface area contributed by atoms with E-state index in [9.17, 15) is 4.79 Å². The molecular weight excluding hydrogens is 292 g/mol. The van der Waals surface area contributed by atoms with Crippen molar-refractivity contribution in [2.24, 2.45) is 5.92 Å². The lowest BCUT2D eigenvalue weighted by atomic mass is 10.2. The van der Waals surface area contributed by atoms with Crippen LogP contribution in [0.2, 0.25) is 0 Å². The summed E-state index contributed by atoms with van der Waals surface area (Å²) in [6.07, 6.45) is 1.67. The van der Waals surface area contributed by atoms with Crippen LogP contribution in [0.4, 0.5) is 0 Å². The molecular formula is C17H24N4O2. The minimum absolute atomic E-state index is 0.117. The van der Waals surface area contributed by atoms with Crippen LogP contribution in [0.3, 0.4) is 0 Å². The molecule has 0 atom stereocenters. The molecule has 0 saturated heterocycles. The van der Waals surface area contributed by atoms with Gasteiger partial charge in [-0.2, -0.15) is 0 Å². The third-order valence-electron chi connectivity index (χ3n) is 3.45. The molecule has 0 aliphatic rings. The van der Waals surface area contributed by atoms with E-state index < -0.39 is 0 Å². The molecule has 2 rings (SSSR count). The van der Waals surface area contributed by atoms with E-state index in [1.54, 1.807) is 22.9 Å². The molecule has 124 valence electrons. The quantitative estimate of drug-likeness (QED) is 0.786. The van der Waals surface area contributed by atoms with Gasteiger partial charge in [-0.15, -0.1) is 5.10 Å². The maximum atomic E-state index is 12.6. The number of nitrogens with zero attached hydrogens (tertiary/aromatic N) is 4. The molecule has 6 nitrogen and oxygen atoms in total. The van der Waals surface area contributed by atoms with Crippen molar-refractivity contribution in [1.82, 2.24) is 19.9 Å². The minimum atomic E-state index is -0.117. The van der Waals surface area contributed by atoms with Crippen LogP contribution < -0.4 is 0 Å². The highest BCUT2D eigenvalue weighted by atomic mass is 16.5. The highest BCUT2D eigenvalue weighted by molar-refractivity contribution is 5.92. The van der Waals surface area contributed by atoms with E-state index in [2.05, 4.69) is 24.2 Å². The van der Waals surface area contributed by atoms with Gasteiger partial charge in [0, 0.05) is 20.2 Å². The highest BCUT2D eigenvalue weighted by Gasteiger charge is 2.20. The Morgan fingerprint density at radius 3 is 2.61 bits per heavy atom. The molecule has 6 heteroatoms. The molecule has 0 saturated carbocycles. The number of methoxy groups -OCH3 is 1. The first-order valence-corrected chi connectivity index (χ1v) is 7.79. The van der Waals surface area contributed by atoms with Crippen LogP contribution in [0.1, 0.15) is 29.9 Å². The predicted molar refractivity (Wildman–Crippen MR) is 88.7 cm³/mol. The molecule has 0 spiro atoms. The van der Waals surface area contributed by atoms with Crippen LogP contribution in [0.15, 0.2) is 30.5 Å². The lowest BCUT2D eigenvalue weighted by Gasteiger charge is -2.23. The molecule has 2 aromatic rings. The van der Waals surface area contributed by atoms with Gasteiger partial charge in [-0.05, 0) is 25.0 Å². The molecule has 0 N–H and O–H groups in total. The van der Waals surface area contributed by atoms with Gasteiger partial charge in [-0.1, -0.05) is 36.8 Å². The van der Waals surface area contributed by atoms with E-state index in [-0.39, 0.29) is 5.91 Å². The van der Waals surface area contributed by atoms with Crippen molar-refractivity contribution in [3.8, 4) is 5.69 Å². The van der Waals surface area contributed by atoms with Gasteiger partial charge in [0.25, 0.3) is 5.91 Å². The standard InChI is InChI=1S/C17H24N4O2/c1-13(2)11-20(9-10-23-4)17(22)16-12-21(19-18-16)15-7-5-14(3)6-8-15/h5-8,12-13H,9-11H2,1-4H3. The topological polar surface area (TPSA) is 60.2 Å². The fraction of sp³-hybridized carbons (Fsp3) is 0.471. The van der Waals surface area contributed by atoms with E-state index in [1.807, 2.05) is 31.2 Å². The van der Waals surface area contributed by atoms with Gasteiger partial charge < -0.3 is 9.64 Å². The van der Waals surface area contributed by atoms with Crippen LogP contribution in [-0.4, -0.2) is 52.6 Å². The van der Waals surface area contributed by atoms with Gasteiger partial charge in [0.1, 0.15) is 0 Å². The monoisotopic (exact) mass is 316 g/mol. The molecule has 0 fully saturated rings. The van der Waals surface area contributed by atoms with Crippen molar-refractivity contribution in [1.29, 1.82) is 0 Å². The number of carbonyl (C=O) groups is 1. The van der Waals surface area contributed by atoms with Gasteiger partial charge in [-0.25, -0.2) is 4.68 Å². The van der Waals surface area contributed by atoms with Crippen molar-refractivity contribution in [3.05, 3.63) is 41.7 Å². The fourth-order valence-corrected chi connectivity index (χ4v) is 2.27. The summed E-state index contributed by atoms with van der Waals surface area (Å²) in [4.78, 5) is 14.4. The maximum Gasteiger partial charge on any atom is 0.276 e. The summed E-state index contributed by atoms with van der Waals surface area (Å²) >= 11 is 0. The number of rotatable bonds is 7. The van der Waals surface area contributed by atoms with E-state index >= 15 is 0 Å². The fourth-order valence-electron chi connectivity index (χ4n) is 2.27. The molecule has 1 aromatic heterocycles. The average molecular weight is 316 g/mol. The van der Waals surface area contributed by atoms with Gasteiger partial charge >= 0.3 is 0 Å². The summed E-state index contributed by atoms with van der Waals surface area (Å²) in [7, 11) is 1.63. The number of ether oxygens (including phenoxy) is 1. The molecule has 0 unspecified atom stereocenters. The predicted octanol–water partition coefficient (Wildman–Crippen LogP) is 2.32.